The zero-order chi connectivity index (χ0) is 23.5. The Balaban J connectivity index is 1.90. The molecule has 0 saturated heterocycles. The van der Waals surface area contributed by atoms with Gasteiger partial charge in [0.25, 0.3) is 5.91 Å². The number of alkyl halides is 3. The summed E-state index contributed by atoms with van der Waals surface area (Å²) in [7, 11) is 1.48. The summed E-state index contributed by atoms with van der Waals surface area (Å²) in [6.45, 7) is -0.253. The number of amides is 1. The van der Waals surface area contributed by atoms with Crippen LogP contribution in [0.3, 0.4) is 0 Å². The van der Waals surface area contributed by atoms with Crippen LogP contribution in [-0.2, 0) is 4.79 Å². The fourth-order valence-corrected chi connectivity index (χ4v) is 3.20. The first-order chi connectivity index (χ1) is 15.1. The number of carbonyl (C=O) groups is 1. The molecular weight excluding hydrogens is 500 g/mol. The lowest BCUT2D eigenvalue weighted by Crippen LogP contribution is -2.41. The van der Waals surface area contributed by atoms with Crippen LogP contribution in [0.2, 0.25) is 0 Å². The summed E-state index contributed by atoms with van der Waals surface area (Å²) in [4.78, 5) is 20.4. The number of carbonyl (C=O) groups excluding carboxylic acids is 1. The summed E-state index contributed by atoms with van der Waals surface area (Å²) in [6.07, 6.45) is -4.58. The van der Waals surface area contributed by atoms with Gasteiger partial charge < -0.3 is 20.1 Å². The van der Waals surface area contributed by atoms with E-state index >= 15 is 0 Å². The van der Waals surface area contributed by atoms with Crippen molar-refractivity contribution < 1.29 is 31.8 Å². The Bertz CT molecular complexity index is 1140. The summed E-state index contributed by atoms with van der Waals surface area (Å²) in [5, 5.41) is 5.25. The van der Waals surface area contributed by atoms with Crippen molar-refractivity contribution in [1.82, 2.24) is 15.3 Å². The maximum Gasteiger partial charge on any atom is 0.405 e. The number of hydrogen-bond donors (Lipinski definition) is 2. The predicted molar refractivity (Wildman–Crippen MR) is 113 cm³/mol. The summed E-state index contributed by atoms with van der Waals surface area (Å²) in [6, 6.07) is 6.98. The first-order valence-corrected chi connectivity index (χ1v) is 9.92. The quantitative estimate of drug-likeness (QED) is 0.441. The van der Waals surface area contributed by atoms with Gasteiger partial charge in [0.2, 0.25) is 0 Å². The monoisotopic (exact) mass is 516 g/mol. The minimum absolute atomic E-state index is 0.0949. The minimum atomic E-state index is -4.57. The van der Waals surface area contributed by atoms with Crippen LogP contribution in [-0.4, -0.2) is 41.8 Å². The number of benzene rings is 2. The maximum absolute atomic E-state index is 13.8. The lowest BCUT2D eigenvalue weighted by Gasteiger charge is -2.19. The highest BCUT2D eigenvalue weighted by molar-refractivity contribution is 9.10. The van der Waals surface area contributed by atoms with Gasteiger partial charge in [-0.3, -0.25) is 4.79 Å². The molecule has 0 radical (unpaired) electrons. The number of methoxy groups -OCH3 is 1. The number of halogens is 5. The van der Waals surface area contributed by atoms with Crippen LogP contribution in [0.1, 0.15) is 6.92 Å². The fourth-order valence-electron chi connectivity index (χ4n) is 2.78. The van der Waals surface area contributed by atoms with Gasteiger partial charge in [-0.2, -0.15) is 13.2 Å². The van der Waals surface area contributed by atoms with Gasteiger partial charge in [-0.15, -0.1) is 0 Å². The van der Waals surface area contributed by atoms with Gasteiger partial charge in [-0.25, -0.2) is 14.4 Å². The zero-order valence-corrected chi connectivity index (χ0v) is 18.3. The minimum Gasteiger partial charge on any atom is -0.496 e. The van der Waals surface area contributed by atoms with E-state index < -0.39 is 30.5 Å². The topological polar surface area (TPSA) is 85.4 Å². The van der Waals surface area contributed by atoms with Crippen LogP contribution in [0, 0.1) is 5.82 Å². The Hall–Kier alpha value is -3.15. The van der Waals surface area contributed by atoms with Crippen LogP contribution < -0.4 is 20.1 Å². The Morgan fingerprint density at radius 3 is 2.62 bits per heavy atom. The van der Waals surface area contributed by atoms with E-state index in [4.69, 9.17) is 9.47 Å². The highest BCUT2D eigenvalue weighted by Gasteiger charge is 2.29. The second kappa shape index (κ2) is 9.55. The molecule has 0 aliphatic carbocycles. The average molecular weight is 517 g/mol. The van der Waals surface area contributed by atoms with Crippen molar-refractivity contribution in [3.05, 3.63) is 46.9 Å². The third-order valence-corrected chi connectivity index (χ3v) is 4.68. The van der Waals surface area contributed by atoms with Gasteiger partial charge in [0.15, 0.2) is 6.10 Å². The molecule has 2 aromatic carbocycles. The molecule has 0 saturated carbocycles. The Labute approximate surface area is 188 Å². The number of rotatable bonds is 7. The highest BCUT2D eigenvalue weighted by Crippen LogP contribution is 2.36. The summed E-state index contributed by atoms with van der Waals surface area (Å²) < 4.78 is 62.5. The molecule has 12 heteroatoms. The molecule has 0 fully saturated rings. The van der Waals surface area contributed by atoms with Crippen molar-refractivity contribution >= 4 is 44.2 Å². The molecule has 1 heterocycles. The Kier molecular flexibility index (Phi) is 7.02. The molecule has 7 nitrogen and oxygen atoms in total. The number of nitrogens with zero attached hydrogens (tertiary/aromatic N) is 2. The molecule has 3 aromatic rings. The molecule has 170 valence electrons. The molecule has 0 aliphatic heterocycles. The number of anilines is 2. The van der Waals surface area contributed by atoms with E-state index in [2.05, 4.69) is 31.2 Å². The number of fused-ring (bicyclic) bond motifs is 1. The normalized spacial score (nSPS) is 12.3. The van der Waals surface area contributed by atoms with E-state index in [-0.39, 0.29) is 11.4 Å². The molecule has 1 aromatic heterocycles. The van der Waals surface area contributed by atoms with Crippen LogP contribution in [0.4, 0.5) is 29.1 Å². The molecule has 32 heavy (non-hydrogen) atoms. The third kappa shape index (κ3) is 5.75. The van der Waals surface area contributed by atoms with Crippen LogP contribution in [0.25, 0.3) is 10.9 Å². The SMILES string of the molecule is COc1cc(Br)cc2ncnc(Nc3ccc(F)cc3O[C@H](C)C(=O)NCC(F)(F)F)c12. The van der Waals surface area contributed by atoms with Crippen molar-refractivity contribution in [3.63, 3.8) is 0 Å². The molecule has 3 rings (SSSR count). The number of aromatic nitrogens is 2. The number of nitrogens with one attached hydrogen (secondary N) is 2. The lowest BCUT2D eigenvalue weighted by molar-refractivity contribution is -0.142. The first kappa shape index (κ1) is 23.5. The number of ether oxygens (including phenoxy) is 2. The van der Waals surface area contributed by atoms with E-state index in [0.717, 1.165) is 16.6 Å². The van der Waals surface area contributed by atoms with Gasteiger partial charge in [-0.1, -0.05) is 15.9 Å². The smallest absolute Gasteiger partial charge is 0.405 e. The van der Waals surface area contributed by atoms with Crippen molar-refractivity contribution in [2.75, 3.05) is 19.0 Å². The standard InChI is InChI=1S/C20H17BrF4N4O3/c1-10(19(30)26-8-20(23,24)25)32-15-7-12(22)3-4-13(15)29-18-17-14(27-9-28-18)5-11(21)6-16(17)31-2/h3-7,9-10H,8H2,1-2H3,(H,26,30)(H,27,28,29)/t10-/m1/s1. The Morgan fingerprint density at radius 2 is 1.94 bits per heavy atom. The third-order valence-electron chi connectivity index (χ3n) is 4.22. The molecule has 1 atom stereocenters. The molecular formula is C20H17BrF4N4O3. The molecule has 0 aliphatic rings. The summed E-state index contributed by atoms with van der Waals surface area (Å²) >= 11 is 3.37. The lowest BCUT2D eigenvalue weighted by atomic mass is 10.2. The molecule has 1 amide bonds. The van der Waals surface area contributed by atoms with Crippen molar-refractivity contribution in [1.29, 1.82) is 0 Å². The molecule has 0 bridgehead atoms. The average Bonchev–Trinajstić information content (AvgIpc) is 2.72. The largest absolute Gasteiger partial charge is 0.496 e. The van der Waals surface area contributed by atoms with Gasteiger partial charge in [0.1, 0.15) is 36.0 Å². The molecule has 0 unspecified atom stereocenters. The van der Waals surface area contributed by atoms with Crippen LogP contribution >= 0.6 is 15.9 Å². The van der Waals surface area contributed by atoms with Gasteiger partial charge in [-0.05, 0) is 31.2 Å². The molecule has 0 spiro atoms. The molecule has 2 N–H and O–H groups in total. The van der Waals surface area contributed by atoms with Crippen LogP contribution in [0.5, 0.6) is 11.5 Å². The summed E-state index contributed by atoms with van der Waals surface area (Å²) in [5.74, 6) is -0.992. The Morgan fingerprint density at radius 1 is 1.19 bits per heavy atom. The second-order valence-electron chi connectivity index (χ2n) is 6.58. The summed E-state index contributed by atoms with van der Waals surface area (Å²) in [5.41, 5.74) is 0.782. The van der Waals surface area contributed by atoms with Crippen molar-refractivity contribution in [2.24, 2.45) is 0 Å². The van der Waals surface area contributed by atoms with Crippen LogP contribution in [0.15, 0.2) is 41.1 Å². The highest BCUT2D eigenvalue weighted by atomic mass is 79.9. The second-order valence-corrected chi connectivity index (χ2v) is 7.50. The zero-order valence-electron chi connectivity index (χ0n) is 16.8. The van der Waals surface area contributed by atoms with E-state index in [1.54, 1.807) is 17.4 Å². The van der Waals surface area contributed by atoms with E-state index in [1.807, 2.05) is 0 Å². The predicted octanol–water partition coefficient (Wildman–Crippen LogP) is 4.73. The maximum atomic E-state index is 13.8. The van der Waals surface area contributed by atoms with E-state index in [9.17, 15) is 22.4 Å². The van der Waals surface area contributed by atoms with Crippen molar-refractivity contribution in [3.8, 4) is 11.5 Å². The van der Waals surface area contributed by atoms with Gasteiger partial charge >= 0.3 is 6.18 Å². The van der Waals surface area contributed by atoms with Gasteiger partial charge in [0, 0.05) is 10.5 Å². The van der Waals surface area contributed by atoms with E-state index in [0.29, 0.717) is 22.5 Å². The fraction of sp³-hybridized carbons (Fsp3) is 0.250. The van der Waals surface area contributed by atoms with E-state index in [1.165, 1.54) is 26.4 Å². The first-order valence-electron chi connectivity index (χ1n) is 9.13. The number of hydrogen-bond acceptors (Lipinski definition) is 6. The van der Waals surface area contributed by atoms with Gasteiger partial charge in [0.05, 0.1) is 23.7 Å². The van der Waals surface area contributed by atoms with Crippen molar-refractivity contribution in [2.45, 2.75) is 19.2 Å².